The second kappa shape index (κ2) is 10.4. The van der Waals surface area contributed by atoms with Crippen LogP contribution in [0.4, 0.5) is 4.39 Å². The number of rotatable bonds is 11. The fourth-order valence-electron chi connectivity index (χ4n) is 4.01. The van der Waals surface area contributed by atoms with Crippen LogP contribution in [0.25, 0.3) is 28.1 Å². The van der Waals surface area contributed by atoms with Crippen LogP contribution in [0.1, 0.15) is 55.7 Å². The molecule has 0 radical (unpaired) electrons. The number of carbonyl (C=O) groups is 1. The van der Waals surface area contributed by atoms with Gasteiger partial charge in [-0.05, 0) is 55.9 Å². The Balaban J connectivity index is 1.72. The van der Waals surface area contributed by atoms with E-state index in [1.165, 1.54) is 0 Å². The van der Waals surface area contributed by atoms with Crippen LogP contribution in [-0.2, 0) is 4.79 Å². The summed E-state index contributed by atoms with van der Waals surface area (Å²) in [4.78, 5) is 15.8. The van der Waals surface area contributed by atoms with E-state index in [0.717, 1.165) is 59.0 Å². The van der Waals surface area contributed by atoms with Crippen LogP contribution in [0.15, 0.2) is 54.6 Å². The summed E-state index contributed by atoms with van der Waals surface area (Å²) in [5, 5.41) is 9.93. The highest BCUT2D eigenvalue weighted by Gasteiger charge is 2.29. The summed E-state index contributed by atoms with van der Waals surface area (Å²) < 4.78 is 17.9. The summed E-state index contributed by atoms with van der Waals surface area (Å²) in [5.41, 5.74) is 5.49. The number of fused-ring (bicyclic) bond motifs is 1. The highest BCUT2D eigenvalue weighted by Crippen LogP contribution is 2.45. The number of pyridine rings is 1. The Hall–Kier alpha value is -3.21. The molecule has 0 bridgehead atoms. The summed E-state index contributed by atoms with van der Waals surface area (Å²) in [7, 11) is 0. The van der Waals surface area contributed by atoms with Crippen molar-refractivity contribution in [3.05, 3.63) is 65.9 Å². The Kier molecular flexibility index (Phi) is 7.15. The van der Waals surface area contributed by atoms with Crippen molar-refractivity contribution in [2.45, 2.75) is 44.4 Å². The van der Waals surface area contributed by atoms with Crippen LogP contribution in [0.5, 0.6) is 5.75 Å². The standard InChI is InChI=1S/C27H28FNO3/c28-17-18-32-21-15-13-19(14-16-21)26-22-7-5-6-9-24(22)29-27(20-11-12-20)23(26)8-3-1-2-4-10-25(30)31/h3,5-9,13-16,20H,1-2,4,10-12,17-18H2,(H,30,31)/b8-3+. The van der Waals surface area contributed by atoms with Gasteiger partial charge in [0.25, 0.3) is 0 Å². The minimum absolute atomic E-state index is 0.0548. The smallest absolute Gasteiger partial charge is 0.303 e. The lowest BCUT2D eigenvalue weighted by molar-refractivity contribution is -0.137. The lowest BCUT2D eigenvalue weighted by atomic mass is 9.92. The van der Waals surface area contributed by atoms with Gasteiger partial charge in [0.2, 0.25) is 0 Å². The lowest BCUT2D eigenvalue weighted by Gasteiger charge is -2.16. The van der Waals surface area contributed by atoms with Crippen molar-refractivity contribution in [1.82, 2.24) is 4.98 Å². The van der Waals surface area contributed by atoms with Crippen molar-refractivity contribution in [3.63, 3.8) is 0 Å². The van der Waals surface area contributed by atoms with Crippen molar-refractivity contribution < 1.29 is 19.0 Å². The molecule has 1 aliphatic rings. The van der Waals surface area contributed by atoms with Gasteiger partial charge in [-0.3, -0.25) is 9.78 Å². The van der Waals surface area contributed by atoms with Crippen molar-refractivity contribution in [2.24, 2.45) is 0 Å². The summed E-state index contributed by atoms with van der Waals surface area (Å²) >= 11 is 0. The second-order valence-electron chi connectivity index (χ2n) is 8.18. The SMILES string of the molecule is O=C(O)CCCC/C=C/c1c(C2CC2)nc2ccccc2c1-c1ccc(OCCF)cc1. The maximum atomic E-state index is 12.4. The first-order chi connectivity index (χ1) is 15.7. The third kappa shape index (κ3) is 5.34. The van der Waals surface area contributed by atoms with Gasteiger partial charge in [0.15, 0.2) is 0 Å². The fraction of sp³-hybridized carbons (Fsp3) is 0.333. The fourth-order valence-corrected chi connectivity index (χ4v) is 4.01. The maximum Gasteiger partial charge on any atom is 0.303 e. The number of hydrogen-bond acceptors (Lipinski definition) is 3. The van der Waals surface area contributed by atoms with Gasteiger partial charge in [-0.2, -0.15) is 0 Å². The number of ether oxygens (including phenoxy) is 1. The van der Waals surface area contributed by atoms with E-state index in [1.54, 1.807) is 0 Å². The first-order valence-corrected chi connectivity index (χ1v) is 11.3. The number of nitrogens with zero attached hydrogens (tertiary/aromatic N) is 1. The molecule has 32 heavy (non-hydrogen) atoms. The molecular formula is C27H28FNO3. The van der Waals surface area contributed by atoms with Gasteiger partial charge in [-0.15, -0.1) is 0 Å². The van der Waals surface area contributed by atoms with Gasteiger partial charge in [0.05, 0.1) is 11.2 Å². The number of carboxylic acid groups (broad SMARTS) is 1. The Morgan fingerprint density at radius 2 is 1.91 bits per heavy atom. The van der Waals surface area contributed by atoms with E-state index in [9.17, 15) is 9.18 Å². The van der Waals surface area contributed by atoms with E-state index < -0.39 is 12.6 Å². The minimum atomic E-state index is -0.745. The number of carboxylic acids is 1. The molecule has 0 unspecified atom stereocenters. The van der Waals surface area contributed by atoms with Crippen LogP contribution in [0.2, 0.25) is 0 Å². The maximum absolute atomic E-state index is 12.4. The highest BCUT2D eigenvalue weighted by atomic mass is 19.1. The molecule has 1 heterocycles. The molecule has 4 rings (SSSR count). The Morgan fingerprint density at radius 1 is 1.12 bits per heavy atom. The van der Waals surface area contributed by atoms with Crippen molar-refractivity contribution >= 4 is 22.9 Å². The van der Waals surface area contributed by atoms with Gasteiger partial charge in [-0.25, -0.2) is 4.39 Å². The molecule has 166 valence electrons. The molecule has 1 aromatic heterocycles. The predicted octanol–water partition coefficient (Wildman–Crippen LogP) is 6.79. The van der Waals surface area contributed by atoms with Crippen LogP contribution in [0.3, 0.4) is 0 Å². The van der Waals surface area contributed by atoms with Crippen molar-refractivity contribution in [2.75, 3.05) is 13.3 Å². The predicted molar refractivity (Wildman–Crippen MR) is 126 cm³/mol. The van der Waals surface area contributed by atoms with Gasteiger partial charge < -0.3 is 9.84 Å². The number of hydrogen-bond donors (Lipinski definition) is 1. The second-order valence-corrected chi connectivity index (χ2v) is 8.18. The first-order valence-electron chi connectivity index (χ1n) is 11.3. The molecule has 0 saturated heterocycles. The van der Waals surface area contributed by atoms with Crippen LogP contribution < -0.4 is 4.74 Å². The number of aliphatic carboxylic acids is 1. The summed E-state index contributed by atoms with van der Waals surface area (Å²) in [5.74, 6) is 0.393. The number of unbranched alkanes of at least 4 members (excludes halogenated alkanes) is 2. The largest absolute Gasteiger partial charge is 0.491 e. The van der Waals surface area contributed by atoms with E-state index in [1.807, 2.05) is 36.4 Å². The molecule has 0 aliphatic heterocycles. The van der Waals surface area contributed by atoms with Gasteiger partial charge in [0.1, 0.15) is 19.0 Å². The zero-order valence-electron chi connectivity index (χ0n) is 18.1. The van der Waals surface area contributed by atoms with E-state index in [0.29, 0.717) is 18.1 Å². The molecule has 1 aliphatic carbocycles. The molecule has 0 spiro atoms. The Morgan fingerprint density at radius 3 is 2.62 bits per heavy atom. The van der Waals surface area contributed by atoms with Crippen LogP contribution >= 0.6 is 0 Å². The number of alkyl halides is 1. The molecule has 1 saturated carbocycles. The molecule has 0 amide bonds. The van der Waals surface area contributed by atoms with Crippen molar-refractivity contribution in [3.8, 4) is 16.9 Å². The molecule has 0 atom stereocenters. The zero-order valence-corrected chi connectivity index (χ0v) is 18.1. The van der Waals surface area contributed by atoms with Gasteiger partial charge in [0, 0.05) is 28.9 Å². The zero-order chi connectivity index (χ0) is 22.3. The van der Waals surface area contributed by atoms with E-state index in [2.05, 4.69) is 24.3 Å². The van der Waals surface area contributed by atoms with Gasteiger partial charge in [-0.1, -0.05) is 42.5 Å². The number of allylic oxidation sites excluding steroid dienone is 1. The normalized spacial score (nSPS) is 13.7. The number of aromatic nitrogens is 1. The Labute approximate surface area is 187 Å². The number of benzene rings is 2. The molecule has 2 aromatic carbocycles. The van der Waals surface area contributed by atoms with E-state index in [4.69, 9.17) is 14.8 Å². The summed E-state index contributed by atoms with van der Waals surface area (Å²) in [6.45, 7) is -0.456. The third-order valence-corrected chi connectivity index (χ3v) is 5.71. The third-order valence-electron chi connectivity index (χ3n) is 5.71. The average molecular weight is 434 g/mol. The minimum Gasteiger partial charge on any atom is -0.491 e. The summed E-state index contributed by atoms with van der Waals surface area (Å²) in [6.07, 6.45) is 9.18. The molecule has 1 fully saturated rings. The molecule has 3 aromatic rings. The molecule has 1 N–H and O–H groups in total. The molecule has 4 nitrogen and oxygen atoms in total. The highest BCUT2D eigenvalue weighted by molar-refractivity contribution is 5.99. The Bertz CT molecular complexity index is 1100. The number of halogens is 1. The molecular weight excluding hydrogens is 405 g/mol. The topological polar surface area (TPSA) is 59.4 Å². The lowest BCUT2D eigenvalue weighted by Crippen LogP contribution is -1.99. The van der Waals surface area contributed by atoms with Crippen LogP contribution in [-0.4, -0.2) is 29.3 Å². The van der Waals surface area contributed by atoms with Crippen molar-refractivity contribution in [1.29, 1.82) is 0 Å². The number of para-hydroxylation sites is 1. The molecule has 5 heteroatoms. The monoisotopic (exact) mass is 433 g/mol. The van der Waals surface area contributed by atoms with Gasteiger partial charge >= 0.3 is 5.97 Å². The quantitative estimate of drug-likeness (QED) is 0.338. The first kappa shape index (κ1) is 22.0. The van der Waals surface area contributed by atoms with E-state index >= 15 is 0 Å². The van der Waals surface area contributed by atoms with Crippen LogP contribution in [0, 0.1) is 0 Å². The van der Waals surface area contributed by atoms with E-state index in [-0.39, 0.29) is 13.0 Å². The average Bonchev–Trinajstić information content (AvgIpc) is 3.65. The summed E-state index contributed by atoms with van der Waals surface area (Å²) in [6, 6.07) is 16.0.